The van der Waals surface area contributed by atoms with Crippen LogP contribution in [0.25, 0.3) is 0 Å². The molecule has 1 N–H and O–H groups in total. The zero-order valence-corrected chi connectivity index (χ0v) is 8.46. The Morgan fingerprint density at radius 1 is 1.54 bits per heavy atom. The molecule has 0 fully saturated rings. The number of hydrogen-bond acceptors (Lipinski definition) is 2. The van der Waals surface area contributed by atoms with E-state index in [0.717, 1.165) is 13.0 Å². The Morgan fingerprint density at radius 3 is 3.00 bits per heavy atom. The second-order valence-electron chi connectivity index (χ2n) is 3.36. The Morgan fingerprint density at radius 2 is 2.38 bits per heavy atom. The monoisotopic (exact) mass is 178 g/mol. The van der Waals surface area contributed by atoms with E-state index < -0.39 is 0 Å². The SMILES string of the molecule is CCNC(C)CCc1cccnc1. The third kappa shape index (κ3) is 4.04. The number of nitrogens with one attached hydrogen (secondary N) is 1. The van der Waals surface area contributed by atoms with Gasteiger partial charge in [-0.2, -0.15) is 0 Å². The molecule has 0 saturated carbocycles. The van der Waals surface area contributed by atoms with Crippen LogP contribution in [0.5, 0.6) is 0 Å². The van der Waals surface area contributed by atoms with E-state index in [0.29, 0.717) is 6.04 Å². The molecule has 1 aromatic heterocycles. The van der Waals surface area contributed by atoms with Gasteiger partial charge >= 0.3 is 0 Å². The van der Waals surface area contributed by atoms with Gasteiger partial charge in [0.25, 0.3) is 0 Å². The lowest BCUT2D eigenvalue weighted by molar-refractivity contribution is 0.530. The van der Waals surface area contributed by atoms with E-state index in [-0.39, 0.29) is 0 Å². The number of aryl methyl sites for hydroxylation is 1. The summed E-state index contributed by atoms with van der Waals surface area (Å²) in [4.78, 5) is 4.09. The van der Waals surface area contributed by atoms with Crippen molar-refractivity contribution in [3.8, 4) is 0 Å². The molecular formula is C11H18N2. The van der Waals surface area contributed by atoms with Gasteiger partial charge in [-0.1, -0.05) is 13.0 Å². The Balaban J connectivity index is 2.27. The van der Waals surface area contributed by atoms with Crippen molar-refractivity contribution in [2.24, 2.45) is 0 Å². The van der Waals surface area contributed by atoms with E-state index in [2.05, 4.69) is 30.2 Å². The summed E-state index contributed by atoms with van der Waals surface area (Å²) in [5.74, 6) is 0. The smallest absolute Gasteiger partial charge is 0.0299 e. The molecule has 2 nitrogen and oxygen atoms in total. The van der Waals surface area contributed by atoms with Crippen molar-refractivity contribution in [1.29, 1.82) is 0 Å². The summed E-state index contributed by atoms with van der Waals surface area (Å²) >= 11 is 0. The van der Waals surface area contributed by atoms with Crippen LogP contribution in [0.15, 0.2) is 24.5 Å². The summed E-state index contributed by atoms with van der Waals surface area (Å²) in [6.45, 7) is 5.41. The number of aromatic nitrogens is 1. The van der Waals surface area contributed by atoms with E-state index >= 15 is 0 Å². The Kier molecular flexibility index (Phi) is 4.47. The first-order valence-corrected chi connectivity index (χ1v) is 4.95. The van der Waals surface area contributed by atoms with Crippen LogP contribution < -0.4 is 5.32 Å². The highest BCUT2D eigenvalue weighted by Crippen LogP contribution is 2.02. The van der Waals surface area contributed by atoms with Gasteiger partial charge in [0.1, 0.15) is 0 Å². The van der Waals surface area contributed by atoms with Gasteiger partial charge in [0, 0.05) is 18.4 Å². The summed E-state index contributed by atoms with van der Waals surface area (Å²) in [7, 11) is 0. The third-order valence-corrected chi connectivity index (χ3v) is 2.14. The zero-order valence-electron chi connectivity index (χ0n) is 8.46. The fourth-order valence-corrected chi connectivity index (χ4v) is 1.38. The Labute approximate surface area is 80.4 Å². The topological polar surface area (TPSA) is 24.9 Å². The van der Waals surface area contributed by atoms with Gasteiger partial charge in [-0.25, -0.2) is 0 Å². The van der Waals surface area contributed by atoms with E-state index in [1.807, 2.05) is 18.5 Å². The Bertz CT molecular complexity index is 221. The predicted octanol–water partition coefficient (Wildman–Crippen LogP) is 2.01. The van der Waals surface area contributed by atoms with Crippen molar-refractivity contribution in [2.75, 3.05) is 6.54 Å². The molecule has 1 rings (SSSR count). The molecule has 0 aromatic carbocycles. The van der Waals surface area contributed by atoms with Crippen LogP contribution in [0.1, 0.15) is 25.8 Å². The first-order chi connectivity index (χ1) is 6.33. The quantitative estimate of drug-likeness (QED) is 0.746. The minimum absolute atomic E-state index is 0.602. The molecule has 0 spiro atoms. The minimum atomic E-state index is 0.602. The molecule has 0 aliphatic rings. The average molecular weight is 178 g/mol. The van der Waals surface area contributed by atoms with Crippen LogP contribution >= 0.6 is 0 Å². The largest absolute Gasteiger partial charge is 0.315 e. The normalized spacial score (nSPS) is 12.8. The highest BCUT2D eigenvalue weighted by atomic mass is 14.9. The van der Waals surface area contributed by atoms with Crippen molar-refractivity contribution in [1.82, 2.24) is 10.3 Å². The van der Waals surface area contributed by atoms with Gasteiger partial charge in [0.2, 0.25) is 0 Å². The van der Waals surface area contributed by atoms with Crippen molar-refractivity contribution >= 4 is 0 Å². The summed E-state index contributed by atoms with van der Waals surface area (Å²) in [6.07, 6.45) is 6.05. The molecule has 1 heterocycles. The molecule has 0 saturated heterocycles. The van der Waals surface area contributed by atoms with Crippen LogP contribution in [0.2, 0.25) is 0 Å². The summed E-state index contributed by atoms with van der Waals surface area (Å²) in [6, 6.07) is 4.73. The highest BCUT2D eigenvalue weighted by molar-refractivity contribution is 5.08. The maximum Gasteiger partial charge on any atom is 0.0299 e. The molecule has 1 unspecified atom stereocenters. The standard InChI is InChI=1S/C11H18N2/c1-3-13-10(2)6-7-11-5-4-8-12-9-11/h4-5,8-10,13H,3,6-7H2,1-2H3. The van der Waals surface area contributed by atoms with Crippen molar-refractivity contribution in [2.45, 2.75) is 32.7 Å². The molecular weight excluding hydrogens is 160 g/mol. The first kappa shape index (κ1) is 10.2. The summed E-state index contributed by atoms with van der Waals surface area (Å²) in [5, 5.41) is 3.40. The van der Waals surface area contributed by atoms with Crippen LogP contribution in [-0.4, -0.2) is 17.6 Å². The number of pyridine rings is 1. The lowest BCUT2D eigenvalue weighted by atomic mass is 10.1. The molecule has 0 aliphatic carbocycles. The van der Waals surface area contributed by atoms with E-state index in [1.54, 1.807) is 0 Å². The lowest BCUT2D eigenvalue weighted by Crippen LogP contribution is -2.25. The number of nitrogens with zero attached hydrogens (tertiary/aromatic N) is 1. The van der Waals surface area contributed by atoms with Crippen molar-refractivity contribution in [3.05, 3.63) is 30.1 Å². The second-order valence-corrected chi connectivity index (χ2v) is 3.36. The highest BCUT2D eigenvalue weighted by Gasteiger charge is 1.99. The molecule has 2 heteroatoms. The predicted molar refractivity (Wildman–Crippen MR) is 55.7 cm³/mol. The van der Waals surface area contributed by atoms with Crippen LogP contribution in [-0.2, 0) is 6.42 Å². The average Bonchev–Trinajstić information content (AvgIpc) is 2.17. The summed E-state index contributed by atoms with van der Waals surface area (Å²) in [5.41, 5.74) is 1.33. The van der Waals surface area contributed by atoms with Crippen LogP contribution in [0.3, 0.4) is 0 Å². The number of rotatable bonds is 5. The number of hydrogen-bond donors (Lipinski definition) is 1. The maximum absolute atomic E-state index is 4.09. The first-order valence-electron chi connectivity index (χ1n) is 4.95. The van der Waals surface area contributed by atoms with Gasteiger partial charge in [0.15, 0.2) is 0 Å². The molecule has 1 atom stereocenters. The van der Waals surface area contributed by atoms with Gasteiger partial charge < -0.3 is 5.32 Å². The third-order valence-electron chi connectivity index (χ3n) is 2.14. The molecule has 0 bridgehead atoms. The van der Waals surface area contributed by atoms with Crippen molar-refractivity contribution in [3.63, 3.8) is 0 Å². The van der Waals surface area contributed by atoms with E-state index in [4.69, 9.17) is 0 Å². The molecule has 13 heavy (non-hydrogen) atoms. The minimum Gasteiger partial charge on any atom is -0.315 e. The Hall–Kier alpha value is -0.890. The molecule has 0 amide bonds. The van der Waals surface area contributed by atoms with Gasteiger partial charge in [0.05, 0.1) is 0 Å². The molecule has 0 radical (unpaired) electrons. The fraction of sp³-hybridized carbons (Fsp3) is 0.545. The summed E-state index contributed by atoms with van der Waals surface area (Å²) < 4.78 is 0. The van der Waals surface area contributed by atoms with Gasteiger partial charge in [-0.15, -0.1) is 0 Å². The molecule has 0 aliphatic heterocycles. The van der Waals surface area contributed by atoms with Crippen LogP contribution in [0.4, 0.5) is 0 Å². The van der Waals surface area contributed by atoms with E-state index in [1.165, 1.54) is 12.0 Å². The molecule has 72 valence electrons. The van der Waals surface area contributed by atoms with E-state index in [9.17, 15) is 0 Å². The maximum atomic E-state index is 4.09. The zero-order chi connectivity index (χ0) is 9.52. The van der Waals surface area contributed by atoms with Crippen molar-refractivity contribution < 1.29 is 0 Å². The van der Waals surface area contributed by atoms with Crippen LogP contribution in [0, 0.1) is 0 Å². The second kappa shape index (κ2) is 5.70. The van der Waals surface area contributed by atoms with Gasteiger partial charge in [-0.05, 0) is 37.9 Å². The van der Waals surface area contributed by atoms with Gasteiger partial charge in [-0.3, -0.25) is 4.98 Å². The molecule has 1 aromatic rings. The fourth-order valence-electron chi connectivity index (χ4n) is 1.38. The lowest BCUT2D eigenvalue weighted by Gasteiger charge is -2.11.